The lowest BCUT2D eigenvalue weighted by Gasteiger charge is -2.21. The molecule has 0 spiro atoms. The summed E-state index contributed by atoms with van der Waals surface area (Å²) in [6.45, 7) is 0. The van der Waals surface area contributed by atoms with E-state index in [2.05, 4.69) is 255 Å². The van der Waals surface area contributed by atoms with Gasteiger partial charge in [-0.3, -0.25) is 0 Å². The molecular formula is C68H52O2. The first-order chi connectivity index (χ1) is 34.7. The Balaban J connectivity index is 1.22. The van der Waals surface area contributed by atoms with Crippen molar-refractivity contribution in [1.82, 2.24) is 0 Å². The highest BCUT2D eigenvalue weighted by Gasteiger charge is 2.22. The monoisotopic (exact) mass is 900 g/mol. The molecule has 0 aliphatic carbocycles. The number of hydrogen-bond acceptors (Lipinski definition) is 2. The summed E-state index contributed by atoms with van der Waals surface area (Å²) < 4.78 is 11.4. The van der Waals surface area contributed by atoms with Gasteiger partial charge in [0.05, 0.1) is 14.2 Å². The number of ether oxygens (including phenoxy) is 2. The topological polar surface area (TPSA) is 18.5 Å². The molecule has 2 nitrogen and oxygen atoms in total. The molecule has 10 aromatic carbocycles. The molecular weight excluding hydrogens is 849 g/mol. The van der Waals surface area contributed by atoms with Gasteiger partial charge in [-0.25, -0.2) is 0 Å². The molecule has 0 fully saturated rings. The Morgan fingerprint density at radius 3 is 0.443 bits per heavy atom. The van der Waals surface area contributed by atoms with Crippen molar-refractivity contribution < 1.29 is 9.47 Å². The molecule has 0 aromatic heterocycles. The van der Waals surface area contributed by atoms with E-state index >= 15 is 0 Å². The normalized spacial score (nSPS) is 10.7. The maximum Gasteiger partial charge on any atom is 0.118 e. The third-order valence-corrected chi connectivity index (χ3v) is 12.8. The number of hydrogen-bond donors (Lipinski definition) is 0. The molecule has 0 saturated carbocycles. The van der Waals surface area contributed by atoms with Crippen molar-refractivity contribution in [3.8, 4) is 11.5 Å². The minimum absolute atomic E-state index is 0.800. The van der Waals surface area contributed by atoms with Crippen LogP contribution >= 0.6 is 0 Å². The van der Waals surface area contributed by atoms with Gasteiger partial charge >= 0.3 is 0 Å². The second kappa shape index (κ2) is 21.3. The van der Waals surface area contributed by atoms with Crippen LogP contribution in [0.4, 0.5) is 0 Å². The van der Waals surface area contributed by atoms with E-state index in [1.807, 2.05) is 24.3 Å². The van der Waals surface area contributed by atoms with E-state index in [0.29, 0.717) is 0 Å². The zero-order valence-electron chi connectivity index (χ0n) is 39.4. The van der Waals surface area contributed by atoms with Crippen molar-refractivity contribution in [2.45, 2.75) is 0 Å². The van der Waals surface area contributed by atoms with E-state index in [0.717, 1.165) is 101 Å². The predicted octanol–water partition coefficient (Wildman–Crippen LogP) is 16.7. The lowest BCUT2D eigenvalue weighted by molar-refractivity contribution is 0.414. The maximum absolute atomic E-state index is 5.68. The van der Waals surface area contributed by atoms with Crippen LogP contribution in [0.15, 0.2) is 279 Å². The average Bonchev–Trinajstić information content (AvgIpc) is 3.45. The fraction of sp³-hybridized carbons (Fsp3) is 0.0294. The lowest BCUT2D eigenvalue weighted by atomic mass is 9.82. The number of rotatable bonds is 14. The van der Waals surface area contributed by atoms with Crippen molar-refractivity contribution >= 4 is 33.4 Å². The van der Waals surface area contributed by atoms with Gasteiger partial charge in [0.25, 0.3) is 0 Å². The van der Waals surface area contributed by atoms with Gasteiger partial charge in [-0.15, -0.1) is 0 Å². The predicted molar refractivity (Wildman–Crippen MR) is 293 cm³/mol. The van der Waals surface area contributed by atoms with Gasteiger partial charge in [0.15, 0.2) is 0 Å². The highest BCUT2D eigenvalue weighted by molar-refractivity contribution is 6.08. The van der Waals surface area contributed by atoms with Gasteiger partial charge in [0, 0.05) is 0 Å². The molecule has 0 radical (unpaired) electrons. The summed E-state index contributed by atoms with van der Waals surface area (Å²) in [4.78, 5) is 0. The third kappa shape index (κ3) is 9.71. The molecule has 0 saturated heterocycles. The molecule has 0 atom stereocenters. The molecule has 10 aromatic rings. The van der Waals surface area contributed by atoms with Crippen molar-refractivity contribution in [3.05, 3.63) is 346 Å². The van der Waals surface area contributed by atoms with Crippen molar-refractivity contribution in [2.75, 3.05) is 14.2 Å². The number of methoxy groups -OCH3 is 2. The Morgan fingerprint density at radius 2 is 0.300 bits per heavy atom. The Morgan fingerprint density at radius 1 is 0.171 bits per heavy atom. The third-order valence-electron chi connectivity index (χ3n) is 12.8. The summed E-state index contributed by atoms with van der Waals surface area (Å²) in [5.74, 6) is 1.60. The van der Waals surface area contributed by atoms with Crippen LogP contribution in [0.1, 0.15) is 66.8 Å². The molecule has 0 unspecified atom stereocenters. The molecule has 0 heterocycles. The van der Waals surface area contributed by atoms with Crippen molar-refractivity contribution in [1.29, 1.82) is 0 Å². The van der Waals surface area contributed by atoms with Crippen molar-refractivity contribution in [2.24, 2.45) is 0 Å². The summed E-state index contributed by atoms with van der Waals surface area (Å²) in [5, 5.41) is 0. The summed E-state index contributed by atoms with van der Waals surface area (Å²) in [7, 11) is 3.42. The molecule has 0 aliphatic rings. The first kappa shape index (κ1) is 44.8. The summed E-state index contributed by atoms with van der Waals surface area (Å²) in [6, 6.07) is 99.6. The summed E-state index contributed by atoms with van der Waals surface area (Å²) in [5.41, 5.74) is 20.3. The summed E-state index contributed by atoms with van der Waals surface area (Å²) in [6.07, 6.45) is 0. The SMILES string of the molecule is COc1ccc(C(=C(c2ccc(C(=C(c3ccccc3)c3ccccc3)c3ccccc3)cc2)c2ccc(C(=C(c3ccccc3)c3ccccc3)c3ccccc3)cc2)c2ccc(OC)cc2)cc1. The first-order valence-corrected chi connectivity index (χ1v) is 23.7. The molecule has 2 heteroatoms. The fourth-order valence-corrected chi connectivity index (χ4v) is 9.48. The van der Waals surface area contributed by atoms with E-state index in [-0.39, 0.29) is 0 Å². The Bertz CT molecular complexity index is 3060. The molecule has 0 aliphatic heterocycles. The van der Waals surface area contributed by atoms with Crippen LogP contribution in [-0.2, 0) is 0 Å². The molecule has 336 valence electrons. The van der Waals surface area contributed by atoms with Gasteiger partial charge in [-0.05, 0) is 124 Å². The van der Waals surface area contributed by atoms with E-state index in [4.69, 9.17) is 9.47 Å². The lowest BCUT2D eigenvalue weighted by Crippen LogP contribution is -2.01. The minimum atomic E-state index is 0.800. The quantitative estimate of drug-likeness (QED) is 0.101. The van der Waals surface area contributed by atoms with Crippen LogP contribution in [0.2, 0.25) is 0 Å². The number of benzene rings is 10. The standard InChI is InChI=1S/C68H52O2/c1-69-61-45-41-59(42-46-61)68(60-43-47-62(70-2)48-44-60)67(57-37-33-55(34-38-57)65(53-29-17-7-18-30-53)63(49-21-9-3-10-22-49)50-23-11-4-12-24-50)58-39-35-56(36-40-58)66(54-31-19-8-20-32-54)64(51-25-13-5-14-26-51)52-27-15-6-16-28-52/h3-48H,1-2H3. The molecule has 0 N–H and O–H groups in total. The Kier molecular flexibility index (Phi) is 13.7. The Hall–Kier alpha value is -8.98. The minimum Gasteiger partial charge on any atom is -0.497 e. The highest BCUT2D eigenvalue weighted by atomic mass is 16.5. The van der Waals surface area contributed by atoms with Gasteiger partial charge in [-0.2, -0.15) is 0 Å². The zero-order valence-corrected chi connectivity index (χ0v) is 39.4. The van der Waals surface area contributed by atoms with Crippen LogP contribution in [0.25, 0.3) is 33.4 Å². The molecule has 10 rings (SSSR count). The smallest absolute Gasteiger partial charge is 0.118 e. The van der Waals surface area contributed by atoms with Crippen LogP contribution in [0, 0.1) is 0 Å². The van der Waals surface area contributed by atoms with E-state index in [1.165, 1.54) is 11.1 Å². The average molecular weight is 901 g/mol. The molecule has 70 heavy (non-hydrogen) atoms. The van der Waals surface area contributed by atoms with Gasteiger partial charge < -0.3 is 9.47 Å². The van der Waals surface area contributed by atoms with Crippen LogP contribution < -0.4 is 9.47 Å². The van der Waals surface area contributed by atoms with E-state index in [9.17, 15) is 0 Å². The Labute approximate surface area is 412 Å². The van der Waals surface area contributed by atoms with Gasteiger partial charge in [0.1, 0.15) is 11.5 Å². The van der Waals surface area contributed by atoms with Crippen LogP contribution in [0.5, 0.6) is 11.5 Å². The zero-order chi connectivity index (χ0) is 47.5. The van der Waals surface area contributed by atoms with E-state index < -0.39 is 0 Å². The second-order valence-electron chi connectivity index (χ2n) is 17.1. The van der Waals surface area contributed by atoms with Gasteiger partial charge in [0.2, 0.25) is 0 Å². The first-order valence-electron chi connectivity index (χ1n) is 23.7. The molecule has 0 amide bonds. The molecule has 0 bridgehead atoms. The van der Waals surface area contributed by atoms with Crippen molar-refractivity contribution in [3.63, 3.8) is 0 Å². The fourth-order valence-electron chi connectivity index (χ4n) is 9.48. The van der Waals surface area contributed by atoms with E-state index in [1.54, 1.807) is 14.2 Å². The highest BCUT2D eigenvalue weighted by Crippen LogP contribution is 2.43. The van der Waals surface area contributed by atoms with Gasteiger partial charge in [-0.1, -0.05) is 255 Å². The maximum atomic E-state index is 5.68. The second-order valence-corrected chi connectivity index (χ2v) is 17.1. The van der Waals surface area contributed by atoms with Crippen LogP contribution in [0.3, 0.4) is 0 Å². The van der Waals surface area contributed by atoms with Crippen LogP contribution in [-0.4, -0.2) is 14.2 Å². The largest absolute Gasteiger partial charge is 0.497 e. The summed E-state index contributed by atoms with van der Waals surface area (Å²) >= 11 is 0.